The van der Waals surface area contributed by atoms with Gasteiger partial charge in [-0.2, -0.15) is 8.78 Å². The van der Waals surface area contributed by atoms with Crippen molar-refractivity contribution in [1.82, 2.24) is 15.3 Å². The first-order chi connectivity index (χ1) is 10.1. The Balaban J connectivity index is 1.94. The number of anilines is 1. The fourth-order valence-electron chi connectivity index (χ4n) is 1.58. The van der Waals surface area contributed by atoms with Gasteiger partial charge in [0.1, 0.15) is 5.75 Å². The molecule has 0 bridgehead atoms. The van der Waals surface area contributed by atoms with Crippen molar-refractivity contribution in [3.05, 3.63) is 47.9 Å². The van der Waals surface area contributed by atoms with Crippen molar-refractivity contribution in [2.75, 3.05) is 5.73 Å². The number of nitrogens with two attached hydrogens (primary N) is 1. The number of rotatable bonds is 5. The van der Waals surface area contributed by atoms with Crippen LogP contribution in [-0.4, -0.2) is 22.5 Å². The van der Waals surface area contributed by atoms with Crippen molar-refractivity contribution in [2.45, 2.75) is 13.2 Å². The standard InChI is InChI=1S/C13H12F2N4O2/c14-13(15)21-9-3-1-8(2-4-9)7-19-12(20)10-11(16)18-6-5-17-10/h1-6,13H,7H2,(H2,16,18)(H,19,20). The lowest BCUT2D eigenvalue weighted by molar-refractivity contribution is -0.0498. The van der Waals surface area contributed by atoms with Crippen molar-refractivity contribution >= 4 is 11.7 Å². The van der Waals surface area contributed by atoms with Gasteiger partial charge in [-0.1, -0.05) is 12.1 Å². The Kier molecular flexibility index (Phi) is 4.60. The number of nitrogens with one attached hydrogen (secondary N) is 1. The highest BCUT2D eigenvalue weighted by Crippen LogP contribution is 2.14. The van der Waals surface area contributed by atoms with Gasteiger partial charge in [0.2, 0.25) is 0 Å². The molecule has 0 radical (unpaired) electrons. The van der Waals surface area contributed by atoms with Crippen molar-refractivity contribution < 1.29 is 18.3 Å². The first-order valence-corrected chi connectivity index (χ1v) is 5.94. The van der Waals surface area contributed by atoms with Crippen molar-refractivity contribution in [1.29, 1.82) is 0 Å². The van der Waals surface area contributed by atoms with E-state index in [4.69, 9.17) is 5.73 Å². The number of nitrogen functional groups attached to an aromatic ring is 1. The van der Waals surface area contributed by atoms with Crippen LogP contribution < -0.4 is 15.8 Å². The second-order valence-corrected chi connectivity index (χ2v) is 4.00. The molecule has 2 aromatic rings. The lowest BCUT2D eigenvalue weighted by Gasteiger charge is -2.07. The molecule has 0 aliphatic rings. The third-order valence-corrected chi connectivity index (χ3v) is 2.54. The summed E-state index contributed by atoms with van der Waals surface area (Å²) in [4.78, 5) is 19.4. The van der Waals surface area contributed by atoms with Crippen LogP contribution >= 0.6 is 0 Å². The molecule has 2 rings (SSSR count). The molecule has 1 aromatic heterocycles. The van der Waals surface area contributed by atoms with E-state index in [1.165, 1.54) is 24.5 Å². The van der Waals surface area contributed by atoms with Crippen molar-refractivity contribution in [2.24, 2.45) is 0 Å². The lowest BCUT2D eigenvalue weighted by Crippen LogP contribution is -2.25. The predicted molar refractivity (Wildman–Crippen MR) is 70.7 cm³/mol. The highest BCUT2D eigenvalue weighted by atomic mass is 19.3. The minimum absolute atomic E-state index is 0.0372. The number of halogens is 2. The number of ether oxygens (including phenoxy) is 1. The second-order valence-electron chi connectivity index (χ2n) is 4.00. The molecule has 1 amide bonds. The molecule has 1 aromatic carbocycles. The van der Waals surface area contributed by atoms with Gasteiger partial charge in [0.15, 0.2) is 11.5 Å². The number of hydrogen-bond donors (Lipinski definition) is 2. The topological polar surface area (TPSA) is 90.1 Å². The van der Waals surface area contributed by atoms with Gasteiger partial charge >= 0.3 is 6.61 Å². The molecule has 110 valence electrons. The van der Waals surface area contributed by atoms with Crippen LogP contribution in [0.2, 0.25) is 0 Å². The van der Waals surface area contributed by atoms with Crippen LogP contribution in [0.1, 0.15) is 16.1 Å². The highest BCUT2D eigenvalue weighted by molar-refractivity contribution is 5.96. The third kappa shape index (κ3) is 4.10. The zero-order valence-electron chi connectivity index (χ0n) is 10.8. The molecule has 0 spiro atoms. The fraction of sp³-hybridized carbons (Fsp3) is 0.154. The van der Waals surface area contributed by atoms with E-state index >= 15 is 0 Å². The minimum atomic E-state index is -2.87. The van der Waals surface area contributed by atoms with E-state index in [0.29, 0.717) is 5.56 Å². The number of amides is 1. The van der Waals surface area contributed by atoms with E-state index in [0.717, 1.165) is 0 Å². The van der Waals surface area contributed by atoms with Crippen LogP contribution in [-0.2, 0) is 6.54 Å². The van der Waals surface area contributed by atoms with E-state index in [-0.39, 0.29) is 23.8 Å². The summed E-state index contributed by atoms with van der Waals surface area (Å²) in [5.74, 6) is -0.373. The molecular weight excluding hydrogens is 282 g/mol. The molecule has 8 heteroatoms. The Labute approximate surface area is 119 Å². The summed E-state index contributed by atoms with van der Waals surface area (Å²) in [6.45, 7) is -2.67. The van der Waals surface area contributed by atoms with Gasteiger partial charge in [-0.3, -0.25) is 4.79 Å². The smallest absolute Gasteiger partial charge is 0.387 e. The molecule has 0 saturated heterocycles. The van der Waals surface area contributed by atoms with Gasteiger partial charge in [0.25, 0.3) is 5.91 Å². The van der Waals surface area contributed by atoms with Gasteiger partial charge in [0.05, 0.1) is 0 Å². The van der Waals surface area contributed by atoms with Crippen LogP contribution in [0, 0.1) is 0 Å². The lowest BCUT2D eigenvalue weighted by atomic mass is 10.2. The first kappa shape index (κ1) is 14.6. The maximum absolute atomic E-state index is 12.0. The summed E-state index contributed by atoms with van der Waals surface area (Å²) in [5.41, 5.74) is 6.29. The van der Waals surface area contributed by atoms with E-state index in [9.17, 15) is 13.6 Å². The molecule has 1 heterocycles. The van der Waals surface area contributed by atoms with E-state index in [1.54, 1.807) is 12.1 Å². The number of nitrogens with zero attached hydrogens (tertiary/aromatic N) is 2. The summed E-state index contributed by atoms with van der Waals surface area (Å²) < 4.78 is 28.2. The highest BCUT2D eigenvalue weighted by Gasteiger charge is 2.11. The zero-order chi connectivity index (χ0) is 15.2. The molecule has 6 nitrogen and oxygen atoms in total. The van der Waals surface area contributed by atoms with E-state index < -0.39 is 12.5 Å². The van der Waals surface area contributed by atoms with E-state index in [2.05, 4.69) is 20.0 Å². The molecule has 21 heavy (non-hydrogen) atoms. The average Bonchev–Trinajstić information content (AvgIpc) is 2.46. The minimum Gasteiger partial charge on any atom is -0.435 e. The number of hydrogen-bond acceptors (Lipinski definition) is 5. The molecule has 0 atom stereocenters. The number of carbonyl (C=O) groups excluding carboxylic acids is 1. The fourth-order valence-corrected chi connectivity index (χ4v) is 1.58. The normalized spacial score (nSPS) is 10.4. The Morgan fingerprint density at radius 1 is 1.24 bits per heavy atom. The second kappa shape index (κ2) is 6.60. The first-order valence-electron chi connectivity index (χ1n) is 5.94. The zero-order valence-corrected chi connectivity index (χ0v) is 10.8. The van der Waals surface area contributed by atoms with E-state index in [1.807, 2.05) is 0 Å². The summed E-state index contributed by atoms with van der Waals surface area (Å²) >= 11 is 0. The summed E-state index contributed by atoms with van der Waals surface area (Å²) in [7, 11) is 0. The maximum atomic E-state index is 12.0. The SMILES string of the molecule is Nc1nccnc1C(=O)NCc1ccc(OC(F)F)cc1. The number of aromatic nitrogens is 2. The van der Waals surface area contributed by atoms with Crippen molar-refractivity contribution in [3.8, 4) is 5.75 Å². The van der Waals surface area contributed by atoms with Crippen LogP contribution in [0.5, 0.6) is 5.75 Å². The van der Waals surface area contributed by atoms with Crippen LogP contribution in [0.4, 0.5) is 14.6 Å². The summed E-state index contributed by atoms with van der Waals surface area (Å²) in [6.07, 6.45) is 2.75. The Morgan fingerprint density at radius 2 is 1.90 bits per heavy atom. The van der Waals surface area contributed by atoms with Gasteiger partial charge < -0.3 is 15.8 Å². The molecule has 0 fully saturated rings. The third-order valence-electron chi connectivity index (χ3n) is 2.54. The van der Waals surface area contributed by atoms with Gasteiger partial charge in [-0.25, -0.2) is 9.97 Å². The molecular formula is C13H12F2N4O2. The number of benzene rings is 1. The Hall–Kier alpha value is -2.77. The van der Waals surface area contributed by atoms with Crippen molar-refractivity contribution in [3.63, 3.8) is 0 Å². The van der Waals surface area contributed by atoms with Gasteiger partial charge in [-0.15, -0.1) is 0 Å². The largest absolute Gasteiger partial charge is 0.435 e. The molecule has 0 aliphatic carbocycles. The summed E-state index contributed by atoms with van der Waals surface area (Å²) in [6, 6.07) is 5.92. The molecule has 3 N–H and O–H groups in total. The number of alkyl halides is 2. The Morgan fingerprint density at radius 3 is 2.52 bits per heavy atom. The van der Waals surface area contributed by atoms with Gasteiger partial charge in [0, 0.05) is 18.9 Å². The molecule has 0 saturated carbocycles. The quantitative estimate of drug-likeness (QED) is 0.874. The monoisotopic (exact) mass is 294 g/mol. The average molecular weight is 294 g/mol. The maximum Gasteiger partial charge on any atom is 0.387 e. The molecule has 0 unspecified atom stereocenters. The summed E-state index contributed by atoms with van der Waals surface area (Å²) in [5, 5.41) is 2.61. The van der Waals surface area contributed by atoms with Gasteiger partial charge in [-0.05, 0) is 17.7 Å². The van der Waals surface area contributed by atoms with Crippen LogP contribution in [0.3, 0.4) is 0 Å². The van der Waals surface area contributed by atoms with Crippen LogP contribution in [0.15, 0.2) is 36.7 Å². The number of carbonyl (C=O) groups is 1. The molecule has 0 aliphatic heterocycles. The predicted octanol–water partition coefficient (Wildman–Crippen LogP) is 1.59. The van der Waals surface area contributed by atoms with Crippen LogP contribution in [0.25, 0.3) is 0 Å². The Bertz CT molecular complexity index is 620.